The Morgan fingerprint density at radius 2 is 1.88 bits per heavy atom. The highest BCUT2D eigenvalue weighted by Crippen LogP contribution is 2.19. The third-order valence-electron chi connectivity index (χ3n) is 4.71. The van der Waals surface area contributed by atoms with Crippen LogP contribution < -0.4 is 10.6 Å². The zero-order valence-corrected chi connectivity index (χ0v) is 17.1. The standard InChI is InChI=1S/C19H35N3O4/c1-14-13-16(24)22(17(14)25)11-7-15(23)21-18(2,3)9-12-26-19(4,5)8-10-20-6/h14,20H,7-13H2,1-6H3,(H,21,23). The molecule has 1 unspecified atom stereocenters. The van der Waals surface area contributed by atoms with E-state index in [0.717, 1.165) is 13.0 Å². The van der Waals surface area contributed by atoms with Crippen molar-refractivity contribution in [2.24, 2.45) is 5.92 Å². The number of imide groups is 1. The van der Waals surface area contributed by atoms with Crippen molar-refractivity contribution in [2.45, 2.75) is 71.4 Å². The van der Waals surface area contributed by atoms with Gasteiger partial charge in [0.05, 0.1) is 5.60 Å². The van der Waals surface area contributed by atoms with Crippen molar-refractivity contribution >= 4 is 17.7 Å². The molecule has 1 aliphatic rings. The Labute approximate surface area is 157 Å². The van der Waals surface area contributed by atoms with Crippen molar-refractivity contribution < 1.29 is 19.1 Å². The molecule has 0 aromatic rings. The van der Waals surface area contributed by atoms with Crippen LogP contribution in [0.15, 0.2) is 0 Å². The molecule has 0 aromatic heterocycles. The first-order chi connectivity index (χ1) is 12.0. The van der Waals surface area contributed by atoms with Crippen LogP contribution in [0.3, 0.4) is 0 Å². The Morgan fingerprint density at radius 3 is 2.42 bits per heavy atom. The number of carbonyl (C=O) groups excluding carboxylic acids is 3. The maximum Gasteiger partial charge on any atom is 0.232 e. The normalized spacial score (nSPS) is 18.5. The Balaban J connectivity index is 2.35. The summed E-state index contributed by atoms with van der Waals surface area (Å²) in [6, 6.07) is 0. The fourth-order valence-electron chi connectivity index (χ4n) is 2.88. The van der Waals surface area contributed by atoms with E-state index >= 15 is 0 Å². The lowest BCUT2D eigenvalue weighted by Crippen LogP contribution is -2.46. The number of nitrogens with one attached hydrogen (secondary N) is 2. The molecule has 7 nitrogen and oxygen atoms in total. The van der Waals surface area contributed by atoms with E-state index in [1.165, 1.54) is 4.90 Å². The van der Waals surface area contributed by atoms with Crippen molar-refractivity contribution in [3.63, 3.8) is 0 Å². The summed E-state index contributed by atoms with van der Waals surface area (Å²) < 4.78 is 5.94. The summed E-state index contributed by atoms with van der Waals surface area (Å²) in [4.78, 5) is 37.0. The van der Waals surface area contributed by atoms with Gasteiger partial charge in [0.2, 0.25) is 17.7 Å². The largest absolute Gasteiger partial charge is 0.375 e. The van der Waals surface area contributed by atoms with Crippen LogP contribution in [0.25, 0.3) is 0 Å². The van der Waals surface area contributed by atoms with E-state index in [1.807, 2.05) is 20.9 Å². The molecule has 150 valence electrons. The molecular weight excluding hydrogens is 334 g/mol. The number of likely N-dealkylation sites (tertiary alicyclic amines) is 1. The molecule has 0 spiro atoms. The summed E-state index contributed by atoms with van der Waals surface area (Å²) in [5.41, 5.74) is -0.626. The molecule has 2 N–H and O–H groups in total. The number of hydrogen-bond acceptors (Lipinski definition) is 5. The zero-order chi connectivity index (χ0) is 20.0. The van der Waals surface area contributed by atoms with E-state index in [2.05, 4.69) is 24.5 Å². The fraction of sp³-hybridized carbons (Fsp3) is 0.842. The van der Waals surface area contributed by atoms with Gasteiger partial charge in [0.25, 0.3) is 0 Å². The average Bonchev–Trinajstić information content (AvgIpc) is 2.75. The van der Waals surface area contributed by atoms with Gasteiger partial charge < -0.3 is 15.4 Å². The first-order valence-corrected chi connectivity index (χ1v) is 9.41. The van der Waals surface area contributed by atoms with Crippen molar-refractivity contribution in [1.82, 2.24) is 15.5 Å². The summed E-state index contributed by atoms with van der Waals surface area (Å²) in [5, 5.41) is 6.08. The fourth-order valence-corrected chi connectivity index (χ4v) is 2.88. The molecule has 0 bridgehead atoms. The van der Waals surface area contributed by atoms with Gasteiger partial charge in [-0.15, -0.1) is 0 Å². The van der Waals surface area contributed by atoms with Gasteiger partial charge in [-0.1, -0.05) is 6.92 Å². The minimum atomic E-state index is -0.414. The highest BCUT2D eigenvalue weighted by molar-refractivity contribution is 6.03. The summed E-state index contributed by atoms with van der Waals surface area (Å²) in [6.07, 6.45) is 1.96. The van der Waals surface area contributed by atoms with E-state index in [-0.39, 0.29) is 48.6 Å². The van der Waals surface area contributed by atoms with Gasteiger partial charge in [0.1, 0.15) is 0 Å². The van der Waals surface area contributed by atoms with Crippen molar-refractivity contribution in [1.29, 1.82) is 0 Å². The van der Waals surface area contributed by atoms with E-state index in [9.17, 15) is 14.4 Å². The van der Waals surface area contributed by atoms with E-state index < -0.39 is 5.54 Å². The first kappa shape index (κ1) is 22.6. The SMILES string of the molecule is CNCCC(C)(C)OCCC(C)(C)NC(=O)CCN1C(=O)CC(C)C1=O. The highest BCUT2D eigenvalue weighted by Gasteiger charge is 2.35. The molecule has 1 atom stereocenters. The molecule has 1 fully saturated rings. The van der Waals surface area contributed by atoms with Crippen LogP contribution in [-0.2, 0) is 19.1 Å². The van der Waals surface area contributed by atoms with Gasteiger partial charge in [-0.05, 0) is 54.1 Å². The quantitative estimate of drug-likeness (QED) is 0.539. The van der Waals surface area contributed by atoms with Gasteiger partial charge in [-0.25, -0.2) is 0 Å². The number of amides is 3. The second-order valence-corrected chi connectivity index (χ2v) is 8.38. The van der Waals surface area contributed by atoms with E-state index in [4.69, 9.17) is 4.74 Å². The van der Waals surface area contributed by atoms with Crippen LogP contribution in [0, 0.1) is 5.92 Å². The summed E-state index contributed by atoms with van der Waals surface area (Å²) in [6.45, 7) is 11.3. The number of hydrogen-bond donors (Lipinski definition) is 2. The second-order valence-electron chi connectivity index (χ2n) is 8.38. The van der Waals surface area contributed by atoms with Crippen LogP contribution in [0.5, 0.6) is 0 Å². The third kappa shape index (κ3) is 7.41. The maximum atomic E-state index is 12.2. The van der Waals surface area contributed by atoms with Crippen LogP contribution in [0.1, 0.15) is 60.3 Å². The minimum Gasteiger partial charge on any atom is -0.375 e. The maximum absolute atomic E-state index is 12.2. The van der Waals surface area contributed by atoms with Crippen molar-refractivity contribution in [2.75, 3.05) is 26.7 Å². The van der Waals surface area contributed by atoms with Gasteiger partial charge in [-0.3, -0.25) is 19.3 Å². The van der Waals surface area contributed by atoms with Crippen LogP contribution >= 0.6 is 0 Å². The highest BCUT2D eigenvalue weighted by atomic mass is 16.5. The number of rotatable bonds is 11. The van der Waals surface area contributed by atoms with Crippen molar-refractivity contribution in [3.05, 3.63) is 0 Å². The van der Waals surface area contributed by atoms with Gasteiger partial charge >= 0.3 is 0 Å². The third-order valence-corrected chi connectivity index (χ3v) is 4.71. The predicted molar refractivity (Wildman–Crippen MR) is 101 cm³/mol. The smallest absolute Gasteiger partial charge is 0.232 e. The van der Waals surface area contributed by atoms with Crippen LogP contribution in [0.2, 0.25) is 0 Å². The molecule has 1 saturated heterocycles. The molecule has 26 heavy (non-hydrogen) atoms. The topological polar surface area (TPSA) is 87.7 Å². The first-order valence-electron chi connectivity index (χ1n) is 9.41. The summed E-state index contributed by atoms with van der Waals surface area (Å²) >= 11 is 0. The monoisotopic (exact) mass is 369 g/mol. The predicted octanol–water partition coefficient (Wildman–Crippen LogP) is 1.46. The lowest BCUT2D eigenvalue weighted by molar-refractivity contribution is -0.139. The molecule has 7 heteroatoms. The molecule has 1 aliphatic heterocycles. The summed E-state index contributed by atoms with van der Waals surface area (Å²) in [7, 11) is 1.92. The lowest BCUT2D eigenvalue weighted by atomic mass is 10.00. The Hall–Kier alpha value is -1.47. The Bertz CT molecular complexity index is 517. The molecule has 0 aliphatic carbocycles. The number of ether oxygens (including phenoxy) is 1. The van der Waals surface area contributed by atoms with Crippen LogP contribution in [0.4, 0.5) is 0 Å². The van der Waals surface area contributed by atoms with E-state index in [1.54, 1.807) is 6.92 Å². The number of nitrogens with zero attached hydrogens (tertiary/aromatic N) is 1. The second kappa shape index (κ2) is 9.46. The zero-order valence-electron chi connectivity index (χ0n) is 17.1. The van der Waals surface area contributed by atoms with Gasteiger partial charge in [-0.2, -0.15) is 0 Å². The Kier molecular flexibility index (Phi) is 8.21. The minimum absolute atomic E-state index is 0.127. The summed E-state index contributed by atoms with van der Waals surface area (Å²) in [5.74, 6) is -0.805. The molecule has 1 heterocycles. The Morgan fingerprint density at radius 1 is 1.23 bits per heavy atom. The van der Waals surface area contributed by atoms with E-state index in [0.29, 0.717) is 13.0 Å². The molecular formula is C19H35N3O4. The van der Waals surface area contributed by atoms with Gasteiger partial charge in [0, 0.05) is 37.5 Å². The van der Waals surface area contributed by atoms with Crippen LogP contribution in [-0.4, -0.2) is 60.5 Å². The van der Waals surface area contributed by atoms with Gasteiger partial charge in [0.15, 0.2) is 0 Å². The average molecular weight is 370 g/mol. The molecule has 0 saturated carbocycles. The lowest BCUT2D eigenvalue weighted by Gasteiger charge is -2.30. The number of carbonyl (C=O) groups is 3. The molecule has 1 rings (SSSR count). The molecule has 3 amide bonds. The molecule has 0 radical (unpaired) electrons. The van der Waals surface area contributed by atoms with Crippen molar-refractivity contribution in [3.8, 4) is 0 Å². The molecule has 0 aromatic carbocycles.